The van der Waals surface area contributed by atoms with Gasteiger partial charge in [-0.1, -0.05) is 254 Å². The number of thiophene rings is 2. The molecule has 0 aliphatic rings. The van der Waals surface area contributed by atoms with E-state index in [1.807, 2.05) is 102 Å². The number of para-hydroxylation sites is 6. The largest absolute Gasteiger partial charge is 0.354 e. The van der Waals surface area contributed by atoms with Crippen molar-refractivity contribution in [2.45, 2.75) is 0 Å². The predicted octanol–water partition coefficient (Wildman–Crippen LogP) is 23.0. The predicted molar refractivity (Wildman–Crippen MR) is 381 cm³/mol. The molecule has 9 heteroatoms. The lowest BCUT2D eigenvalue weighted by atomic mass is 9.98. The summed E-state index contributed by atoms with van der Waals surface area (Å²) in [7, 11) is 0. The van der Waals surface area contributed by atoms with Crippen LogP contribution in [0.2, 0.25) is 5.15 Å². The summed E-state index contributed by atoms with van der Waals surface area (Å²) in [5.74, 6) is 0.845. The number of aromatic amines is 1. The highest BCUT2D eigenvalue weighted by atomic mass is 35.5. The lowest BCUT2D eigenvalue weighted by Crippen LogP contribution is -2.04. The van der Waals surface area contributed by atoms with Crippen LogP contribution in [-0.2, 0) is 0 Å². The second kappa shape index (κ2) is 20.7. The Morgan fingerprint density at radius 1 is 0.303 bits per heavy atom. The Kier molecular flexibility index (Phi) is 11.9. The van der Waals surface area contributed by atoms with E-state index in [9.17, 15) is 0 Å². The molecule has 20 aromatic rings. The SMILES string of the molecule is Clc1nc2ccccc2nc1-c1ccccc1.c1ccc(-c2nc3ccccc3nc2-n2c3ccccc3c3c4sc5c6ccccc6ccc5c4c4ccccc4c32)cc1.c1ccc2c(c1)ccc1c2sc2c1c1ccccc1c1[nH]c3ccccc3c12. The van der Waals surface area contributed by atoms with Crippen molar-refractivity contribution < 1.29 is 0 Å². The summed E-state index contributed by atoms with van der Waals surface area (Å²) in [6.07, 6.45) is 0. The fraction of sp³-hybridized carbons (Fsp3) is 0. The Labute approximate surface area is 521 Å². The van der Waals surface area contributed by atoms with Gasteiger partial charge in [-0.2, -0.15) is 0 Å². The first kappa shape index (κ1) is 51.4. The van der Waals surface area contributed by atoms with E-state index < -0.39 is 0 Å². The van der Waals surface area contributed by atoms with Crippen molar-refractivity contribution in [3.05, 3.63) is 284 Å². The third-order valence-electron chi connectivity index (χ3n) is 17.5. The zero-order chi connectivity index (χ0) is 58.7. The first-order valence-electron chi connectivity index (χ1n) is 29.7. The molecule has 6 heterocycles. The minimum Gasteiger partial charge on any atom is -0.354 e. The second-order valence-corrected chi connectivity index (χ2v) is 24.9. The number of nitrogens with one attached hydrogen (secondary N) is 1. The Hall–Kier alpha value is -10.9. The van der Waals surface area contributed by atoms with Gasteiger partial charge in [0.25, 0.3) is 0 Å². The van der Waals surface area contributed by atoms with Crippen molar-refractivity contribution in [1.29, 1.82) is 0 Å². The molecule has 0 aliphatic heterocycles. The number of fused-ring (bicyclic) bond motifs is 26. The number of benzene rings is 14. The number of aromatic nitrogens is 6. The zero-order valence-electron chi connectivity index (χ0n) is 47.5. The average molecular weight is 1190 g/mol. The topological polar surface area (TPSA) is 72.3 Å². The van der Waals surface area contributed by atoms with Gasteiger partial charge in [0.2, 0.25) is 0 Å². The summed E-state index contributed by atoms with van der Waals surface area (Å²) in [6, 6.07) is 97.9. The van der Waals surface area contributed by atoms with E-state index in [1.54, 1.807) is 0 Å². The molecule has 14 aromatic carbocycles. The number of H-pyrrole nitrogens is 1. The number of halogens is 1. The van der Waals surface area contributed by atoms with Crippen LogP contribution in [0.25, 0.3) is 177 Å². The van der Waals surface area contributed by atoms with Gasteiger partial charge in [0.05, 0.1) is 38.6 Å². The van der Waals surface area contributed by atoms with Crippen LogP contribution in [0, 0.1) is 0 Å². The molecule has 1 N–H and O–H groups in total. The minimum absolute atomic E-state index is 0.440. The van der Waals surface area contributed by atoms with Crippen molar-refractivity contribution in [2.24, 2.45) is 0 Å². The fourth-order valence-electron chi connectivity index (χ4n) is 13.6. The van der Waals surface area contributed by atoms with Gasteiger partial charge in [0.15, 0.2) is 11.0 Å². The van der Waals surface area contributed by atoms with Crippen molar-refractivity contribution >= 4 is 183 Å². The molecule has 6 nitrogen and oxygen atoms in total. The number of hydrogen-bond donors (Lipinski definition) is 1. The molecular weight excluding hydrogens is 1140 g/mol. The highest BCUT2D eigenvalue weighted by Crippen LogP contribution is 2.51. The van der Waals surface area contributed by atoms with Crippen molar-refractivity contribution in [3.63, 3.8) is 0 Å². The van der Waals surface area contributed by atoms with Gasteiger partial charge in [-0.25, -0.2) is 19.9 Å². The monoisotopic (exact) mass is 1190 g/mol. The highest BCUT2D eigenvalue weighted by Gasteiger charge is 2.26. The van der Waals surface area contributed by atoms with E-state index in [4.69, 9.17) is 21.6 Å². The molecule has 0 amide bonds. The number of nitrogens with zero attached hydrogens (tertiary/aromatic N) is 5. The quantitative estimate of drug-likeness (QED) is 0.191. The first-order chi connectivity index (χ1) is 44.1. The fourth-order valence-corrected chi connectivity index (χ4v) is 16.7. The summed E-state index contributed by atoms with van der Waals surface area (Å²) in [5, 5.41) is 21.3. The molecule has 0 fully saturated rings. The molecule has 0 saturated carbocycles. The molecule has 0 saturated heterocycles. The molecule has 0 aliphatic carbocycles. The highest BCUT2D eigenvalue weighted by molar-refractivity contribution is 7.28. The van der Waals surface area contributed by atoms with Crippen LogP contribution in [0.1, 0.15) is 0 Å². The molecule has 0 unspecified atom stereocenters. The lowest BCUT2D eigenvalue weighted by Gasteiger charge is -2.15. The summed E-state index contributed by atoms with van der Waals surface area (Å²) in [6.45, 7) is 0. The van der Waals surface area contributed by atoms with Crippen molar-refractivity contribution in [2.75, 3.05) is 0 Å². The molecule has 6 aromatic heterocycles. The Morgan fingerprint density at radius 3 is 1.36 bits per heavy atom. The van der Waals surface area contributed by atoms with E-state index in [1.165, 1.54) is 122 Å². The van der Waals surface area contributed by atoms with Gasteiger partial charge in [-0.15, -0.1) is 22.7 Å². The van der Waals surface area contributed by atoms with Crippen LogP contribution < -0.4 is 0 Å². The smallest absolute Gasteiger partial charge is 0.165 e. The van der Waals surface area contributed by atoms with Gasteiger partial charge in [-0.3, -0.25) is 4.57 Å². The van der Waals surface area contributed by atoms with Crippen molar-refractivity contribution in [3.8, 4) is 28.3 Å². The lowest BCUT2D eigenvalue weighted by molar-refractivity contribution is 1.08. The Balaban J connectivity index is 0.000000112. The molecular formula is C80H47ClN6S2. The third-order valence-corrected chi connectivity index (χ3v) is 20.3. The van der Waals surface area contributed by atoms with Gasteiger partial charge >= 0.3 is 0 Å². The van der Waals surface area contributed by atoms with E-state index >= 15 is 0 Å². The molecule has 20 rings (SSSR count). The Bertz CT molecular complexity index is 6270. The van der Waals surface area contributed by atoms with Gasteiger partial charge < -0.3 is 4.98 Å². The first-order valence-corrected chi connectivity index (χ1v) is 31.7. The molecule has 89 heavy (non-hydrogen) atoms. The van der Waals surface area contributed by atoms with Crippen LogP contribution in [0.5, 0.6) is 0 Å². The van der Waals surface area contributed by atoms with E-state index in [0.717, 1.165) is 55.9 Å². The molecule has 0 spiro atoms. The molecule has 0 bridgehead atoms. The summed E-state index contributed by atoms with van der Waals surface area (Å²) >= 11 is 10.0. The van der Waals surface area contributed by atoms with Gasteiger partial charge in [0, 0.05) is 89.3 Å². The zero-order valence-corrected chi connectivity index (χ0v) is 49.9. The summed E-state index contributed by atoms with van der Waals surface area (Å²) in [4.78, 5) is 23.2. The van der Waals surface area contributed by atoms with Crippen LogP contribution in [0.4, 0.5) is 0 Å². The molecule has 0 atom stereocenters. The molecule has 416 valence electrons. The van der Waals surface area contributed by atoms with Crippen LogP contribution in [0.15, 0.2) is 279 Å². The van der Waals surface area contributed by atoms with Gasteiger partial charge in [0.1, 0.15) is 11.4 Å². The average Bonchev–Trinajstić information content (AvgIpc) is 1.56. The van der Waals surface area contributed by atoms with Crippen LogP contribution in [-0.4, -0.2) is 29.5 Å². The third kappa shape index (κ3) is 8.15. The van der Waals surface area contributed by atoms with Crippen LogP contribution in [0.3, 0.4) is 0 Å². The maximum atomic E-state index is 6.16. The normalized spacial score (nSPS) is 11.9. The Morgan fingerprint density at radius 2 is 0.742 bits per heavy atom. The standard InChI is InChI=1S/C40H23N3S.C26H15NS.C14H9ClN2/c1-2-13-25(14-3-1)36-40(42-32-20-10-9-19-31(32)41-36)43-33-21-11-8-18-29(33)35-37(43)28-17-7-6-16-27(28)34-30-23-22-24-12-4-5-15-26(24)38(30)44-39(34)35;1-2-8-16-15(7-1)13-14-20-22-17-9-3-4-10-18(17)24-23(26(22)28-25(16)20)19-11-5-6-12-21(19)27-24;15-14-13(10-6-2-1-3-7-10)16-11-8-4-5-9-12(11)17-14/h1-23H;1-14,27H;1-9H. The van der Waals surface area contributed by atoms with E-state index in [-0.39, 0.29) is 0 Å². The summed E-state index contributed by atoms with van der Waals surface area (Å²) < 4.78 is 7.79. The van der Waals surface area contributed by atoms with Crippen LogP contribution >= 0.6 is 34.3 Å². The maximum absolute atomic E-state index is 6.16. The van der Waals surface area contributed by atoms with Gasteiger partial charge in [-0.05, 0) is 68.7 Å². The van der Waals surface area contributed by atoms with E-state index in [0.29, 0.717) is 5.15 Å². The van der Waals surface area contributed by atoms with Crippen molar-refractivity contribution in [1.82, 2.24) is 29.5 Å². The molecule has 0 radical (unpaired) electrons. The van der Waals surface area contributed by atoms with E-state index in [2.05, 4.69) is 220 Å². The maximum Gasteiger partial charge on any atom is 0.165 e. The second-order valence-electron chi connectivity index (χ2n) is 22.5. The number of hydrogen-bond acceptors (Lipinski definition) is 6. The summed E-state index contributed by atoms with van der Waals surface area (Å²) in [5.41, 5.74) is 11.8. The number of rotatable bonds is 3. The minimum atomic E-state index is 0.440.